The van der Waals surface area contributed by atoms with Crippen molar-refractivity contribution in [1.82, 2.24) is 10.2 Å². The summed E-state index contributed by atoms with van der Waals surface area (Å²) in [5, 5.41) is 3.19. The zero-order valence-corrected chi connectivity index (χ0v) is 13.7. The normalized spacial score (nSPS) is 22.6. The summed E-state index contributed by atoms with van der Waals surface area (Å²) in [5.74, 6) is 0.395. The Hall–Kier alpha value is -1.76. The first-order valence-corrected chi connectivity index (χ1v) is 8.01. The molecule has 2 heterocycles. The number of likely N-dealkylation sites (tertiary alicyclic amines) is 1. The molecule has 1 N–H and O–H groups in total. The molecule has 0 radical (unpaired) electrons. The highest BCUT2D eigenvalue weighted by Crippen LogP contribution is 2.37. The quantitative estimate of drug-likeness (QED) is 0.915. The third kappa shape index (κ3) is 3.83. The molecule has 2 aliphatic rings. The van der Waals surface area contributed by atoms with Gasteiger partial charge in [-0.3, -0.25) is 4.79 Å². The zero-order valence-electron chi connectivity index (χ0n) is 13.7. The Labute approximate surface area is 139 Å². The van der Waals surface area contributed by atoms with Gasteiger partial charge in [-0.05, 0) is 19.4 Å². The predicted molar refractivity (Wildman–Crippen MR) is 82.7 cm³/mol. The zero-order chi connectivity index (χ0) is 17.5. The van der Waals surface area contributed by atoms with Crippen molar-refractivity contribution < 1.29 is 22.7 Å². The van der Waals surface area contributed by atoms with E-state index < -0.39 is 18.6 Å². The number of hydrogen-bond donors (Lipinski definition) is 1. The molecule has 2 aliphatic heterocycles. The van der Waals surface area contributed by atoms with Gasteiger partial charge in [-0.2, -0.15) is 13.2 Å². The Kier molecular flexibility index (Phi) is 4.23. The summed E-state index contributed by atoms with van der Waals surface area (Å²) >= 11 is 0. The molecule has 1 fully saturated rings. The number of amides is 1. The number of fused-ring (bicyclic) bond motifs is 1. The third-order valence-corrected chi connectivity index (χ3v) is 4.34. The summed E-state index contributed by atoms with van der Waals surface area (Å²) in [6, 6.07) is 5.65. The van der Waals surface area contributed by atoms with Gasteiger partial charge in [0.2, 0.25) is 5.91 Å². The summed E-state index contributed by atoms with van der Waals surface area (Å²) < 4.78 is 43.3. The van der Waals surface area contributed by atoms with Crippen LogP contribution in [0, 0.1) is 0 Å². The van der Waals surface area contributed by atoms with E-state index in [0.29, 0.717) is 6.54 Å². The minimum Gasteiger partial charge on any atom is -0.487 e. The van der Waals surface area contributed by atoms with E-state index in [1.807, 2.05) is 32.0 Å². The van der Waals surface area contributed by atoms with E-state index in [1.165, 1.54) is 0 Å². The second-order valence-corrected chi connectivity index (χ2v) is 7.12. The highest BCUT2D eigenvalue weighted by molar-refractivity contribution is 5.79. The maximum atomic E-state index is 12.5. The molecule has 1 atom stereocenters. The molecule has 132 valence electrons. The third-order valence-electron chi connectivity index (χ3n) is 4.34. The maximum Gasteiger partial charge on any atom is 0.406 e. The lowest BCUT2D eigenvalue weighted by Gasteiger charge is -2.20. The highest BCUT2D eigenvalue weighted by atomic mass is 19.4. The van der Waals surface area contributed by atoms with Crippen LogP contribution >= 0.6 is 0 Å². The molecule has 0 bridgehead atoms. The average Bonchev–Trinajstić information content (AvgIpc) is 2.93. The molecule has 1 aromatic carbocycles. The summed E-state index contributed by atoms with van der Waals surface area (Å²) in [5.41, 5.74) is 1.87. The smallest absolute Gasteiger partial charge is 0.406 e. The Morgan fingerprint density at radius 2 is 2.12 bits per heavy atom. The van der Waals surface area contributed by atoms with E-state index in [-0.39, 0.29) is 24.6 Å². The van der Waals surface area contributed by atoms with Crippen molar-refractivity contribution in [3.05, 3.63) is 29.3 Å². The van der Waals surface area contributed by atoms with E-state index in [0.717, 1.165) is 28.2 Å². The summed E-state index contributed by atoms with van der Waals surface area (Å²) in [4.78, 5) is 12.6. The van der Waals surface area contributed by atoms with Crippen molar-refractivity contribution in [2.24, 2.45) is 0 Å². The average molecular weight is 342 g/mol. The van der Waals surface area contributed by atoms with Gasteiger partial charge in [-0.1, -0.05) is 18.2 Å². The van der Waals surface area contributed by atoms with Crippen molar-refractivity contribution in [2.45, 2.75) is 51.1 Å². The highest BCUT2D eigenvalue weighted by Gasteiger charge is 2.38. The fraction of sp³-hybridized carbons (Fsp3) is 0.588. The first-order valence-electron chi connectivity index (χ1n) is 8.01. The van der Waals surface area contributed by atoms with Gasteiger partial charge < -0.3 is 15.0 Å². The molecule has 0 spiro atoms. The number of alkyl halides is 3. The van der Waals surface area contributed by atoms with E-state index in [2.05, 4.69) is 5.32 Å². The largest absolute Gasteiger partial charge is 0.487 e. The van der Waals surface area contributed by atoms with Crippen molar-refractivity contribution >= 4 is 5.91 Å². The van der Waals surface area contributed by atoms with Crippen LogP contribution in [0.3, 0.4) is 0 Å². The molecule has 0 unspecified atom stereocenters. The second kappa shape index (κ2) is 5.95. The van der Waals surface area contributed by atoms with Crippen LogP contribution in [0.4, 0.5) is 13.2 Å². The number of hydrogen-bond acceptors (Lipinski definition) is 3. The van der Waals surface area contributed by atoms with Gasteiger partial charge in [0.15, 0.2) is 0 Å². The van der Waals surface area contributed by atoms with E-state index >= 15 is 0 Å². The minimum absolute atomic E-state index is 0.0831. The fourth-order valence-corrected chi connectivity index (χ4v) is 3.35. The Balaban J connectivity index is 1.60. The summed E-state index contributed by atoms with van der Waals surface area (Å²) in [6.45, 7) is 3.42. The van der Waals surface area contributed by atoms with Crippen molar-refractivity contribution in [2.75, 3.05) is 13.1 Å². The minimum atomic E-state index is -4.36. The van der Waals surface area contributed by atoms with Gasteiger partial charge in [0, 0.05) is 37.5 Å². The van der Waals surface area contributed by atoms with Gasteiger partial charge in [0.25, 0.3) is 0 Å². The van der Waals surface area contributed by atoms with E-state index in [1.54, 1.807) is 0 Å². The van der Waals surface area contributed by atoms with Gasteiger partial charge in [0.05, 0.1) is 0 Å². The Morgan fingerprint density at radius 3 is 2.83 bits per heavy atom. The topological polar surface area (TPSA) is 41.6 Å². The molecule has 7 heteroatoms. The number of halogens is 3. The first-order chi connectivity index (χ1) is 11.1. The standard InChI is InChI=1S/C17H21F3N2O2/c1-16(2)7-11-4-3-5-12(15(11)24-16)8-21-13-6-14(23)22(9-13)10-17(18,19)20/h3-5,13,21H,6-10H2,1-2H3/t13-/m1/s1. The number of carbonyl (C=O) groups excluding carboxylic acids is 1. The molecule has 1 saturated heterocycles. The molecular formula is C17H21F3N2O2. The van der Waals surface area contributed by atoms with Crippen LogP contribution in [0.25, 0.3) is 0 Å². The molecule has 4 nitrogen and oxygen atoms in total. The number of nitrogens with one attached hydrogen (secondary N) is 1. The Morgan fingerprint density at radius 1 is 1.38 bits per heavy atom. The monoisotopic (exact) mass is 342 g/mol. The number of para-hydroxylation sites is 1. The SMILES string of the molecule is CC1(C)Cc2cccc(CN[C@@H]3CC(=O)N(CC(F)(F)F)C3)c2O1. The van der Waals surface area contributed by atoms with Crippen molar-refractivity contribution in [3.63, 3.8) is 0 Å². The fourth-order valence-electron chi connectivity index (χ4n) is 3.35. The number of ether oxygens (including phenoxy) is 1. The molecule has 3 rings (SSSR count). The molecule has 1 amide bonds. The van der Waals surface area contributed by atoms with Crippen molar-refractivity contribution in [1.29, 1.82) is 0 Å². The number of carbonyl (C=O) groups is 1. The van der Waals surface area contributed by atoms with Crippen LogP contribution < -0.4 is 10.1 Å². The number of rotatable bonds is 4. The second-order valence-electron chi connectivity index (χ2n) is 7.12. The summed E-state index contributed by atoms with van der Waals surface area (Å²) in [6.07, 6.45) is -3.43. The summed E-state index contributed by atoms with van der Waals surface area (Å²) in [7, 11) is 0. The van der Waals surface area contributed by atoms with Gasteiger partial charge in [-0.25, -0.2) is 0 Å². The lowest BCUT2D eigenvalue weighted by Crippen LogP contribution is -2.37. The molecule has 24 heavy (non-hydrogen) atoms. The molecule has 0 aliphatic carbocycles. The molecule has 0 aromatic heterocycles. The van der Waals surface area contributed by atoms with Gasteiger partial charge in [0.1, 0.15) is 17.9 Å². The predicted octanol–water partition coefficient (Wildman–Crippen LogP) is 2.65. The van der Waals surface area contributed by atoms with Gasteiger partial charge >= 0.3 is 6.18 Å². The number of nitrogens with zero attached hydrogens (tertiary/aromatic N) is 1. The molecule has 1 aromatic rings. The Bertz CT molecular complexity index is 643. The lowest BCUT2D eigenvalue weighted by molar-refractivity contribution is -0.157. The molecular weight excluding hydrogens is 321 g/mol. The van der Waals surface area contributed by atoms with Crippen LogP contribution in [0.1, 0.15) is 31.4 Å². The van der Waals surface area contributed by atoms with E-state index in [9.17, 15) is 18.0 Å². The molecule has 0 saturated carbocycles. The maximum absolute atomic E-state index is 12.5. The van der Waals surface area contributed by atoms with Gasteiger partial charge in [-0.15, -0.1) is 0 Å². The van der Waals surface area contributed by atoms with Crippen LogP contribution in [0.15, 0.2) is 18.2 Å². The number of benzene rings is 1. The van der Waals surface area contributed by atoms with Crippen LogP contribution in [-0.4, -0.2) is 41.7 Å². The van der Waals surface area contributed by atoms with Crippen molar-refractivity contribution in [3.8, 4) is 5.75 Å². The van der Waals surface area contributed by atoms with Crippen LogP contribution in [0.2, 0.25) is 0 Å². The first kappa shape index (κ1) is 17.1. The van der Waals surface area contributed by atoms with E-state index in [4.69, 9.17) is 4.74 Å². The van der Waals surface area contributed by atoms with Crippen LogP contribution in [0.5, 0.6) is 5.75 Å². The lowest BCUT2D eigenvalue weighted by atomic mass is 10.0. The van der Waals surface area contributed by atoms with Crippen LogP contribution in [-0.2, 0) is 17.8 Å².